The van der Waals surface area contributed by atoms with Crippen LogP contribution in [0, 0.1) is 13.8 Å². The van der Waals surface area contributed by atoms with Gasteiger partial charge in [0.25, 0.3) is 0 Å². The van der Waals surface area contributed by atoms with Gasteiger partial charge in [0.15, 0.2) is 0 Å². The number of benzene rings is 7. The fraction of sp³-hybridized carbons (Fsp3) is 0.0400. The monoisotopic (exact) mass is 664 g/mol. The molecule has 0 N–H and O–H groups in total. The molecule has 0 aliphatic heterocycles. The van der Waals surface area contributed by atoms with Crippen molar-refractivity contribution in [3.63, 3.8) is 0 Å². The molecule has 9 rings (SSSR count). The van der Waals surface area contributed by atoms with Crippen molar-refractivity contribution in [3.05, 3.63) is 194 Å². The molecule has 0 spiro atoms. The van der Waals surface area contributed by atoms with Crippen LogP contribution in [-0.2, 0) is 0 Å². The van der Waals surface area contributed by atoms with Gasteiger partial charge in [0.05, 0.1) is 0 Å². The first kappa shape index (κ1) is 31.3. The van der Waals surface area contributed by atoms with Crippen LogP contribution in [0.5, 0.6) is 0 Å². The third-order valence-corrected chi connectivity index (χ3v) is 10.2. The van der Waals surface area contributed by atoms with Crippen LogP contribution in [0.1, 0.15) is 11.4 Å². The molecular formula is C50H36N2. The second kappa shape index (κ2) is 13.2. The lowest BCUT2D eigenvalue weighted by molar-refractivity contribution is 1.20. The highest BCUT2D eigenvalue weighted by Crippen LogP contribution is 2.45. The molecular weight excluding hydrogens is 629 g/mol. The van der Waals surface area contributed by atoms with E-state index in [1.807, 2.05) is 26.2 Å². The third-order valence-electron chi connectivity index (χ3n) is 10.2. The van der Waals surface area contributed by atoms with Crippen LogP contribution in [0.2, 0.25) is 0 Å². The first-order valence-corrected chi connectivity index (χ1v) is 17.8. The molecule has 0 amide bonds. The Bertz CT molecular complexity index is 2690. The van der Waals surface area contributed by atoms with E-state index in [1.165, 1.54) is 66.1 Å². The molecule has 0 unspecified atom stereocenters. The van der Waals surface area contributed by atoms with Gasteiger partial charge in [0, 0.05) is 34.9 Å². The van der Waals surface area contributed by atoms with E-state index in [2.05, 4.69) is 180 Å². The van der Waals surface area contributed by atoms with E-state index in [-0.39, 0.29) is 0 Å². The summed E-state index contributed by atoms with van der Waals surface area (Å²) >= 11 is 0. The van der Waals surface area contributed by atoms with Gasteiger partial charge < -0.3 is 0 Å². The van der Waals surface area contributed by atoms with Gasteiger partial charge in [-0.2, -0.15) is 0 Å². The zero-order valence-corrected chi connectivity index (χ0v) is 29.2. The fourth-order valence-electron chi connectivity index (χ4n) is 7.42. The Morgan fingerprint density at radius 3 is 1.19 bits per heavy atom. The van der Waals surface area contributed by atoms with Crippen LogP contribution in [0.25, 0.3) is 88.3 Å². The highest BCUT2D eigenvalue weighted by Gasteiger charge is 2.18. The Kier molecular flexibility index (Phi) is 7.98. The lowest BCUT2D eigenvalue weighted by Gasteiger charge is -2.19. The van der Waals surface area contributed by atoms with E-state index in [0.717, 1.165) is 33.6 Å². The van der Waals surface area contributed by atoms with Crippen molar-refractivity contribution >= 4 is 21.5 Å². The summed E-state index contributed by atoms with van der Waals surface area (Å²) in [5, 5.41) is 4.93. The zero-order chi connectivity index (χ0) is 35.0. The molecule has 52 heavy (non-hydrogen) atoms. The Morgan fingerprint density at radius 2 is 0.654 bits per heavy atom. The molecule has 2 aromatic heterocycles. The lowest BCUT2D eigenvalue weighted by atomic mass is 9.84. The van der Waals surface area contributed by atoms with Gasteiger partial charge in [0.2, 0.25) is 0 Å². The molecule has 2 nitrogen and oxygen atoms in total. The summed E-state index contributed by atoms with van der Waals surface area (Å²) < 4.78 is 0. The molecule has 0 aliphatic rings. The number of aromatic nitrogens is 2. The largest absolute Gasteiger partial charge is 0.261 e. The smallest absolute Gasteiger partial charge is 0.0373 e. The highest BCUT2D eigenvalue weighted by molar-refractivity contribution is 6.22. The topological polar surface area (TPSA) is 25.8 Å². The minimum atomic E-state index is 1.02. The molecule has 0 saturated carbocycles. The van der Waals surface area contributed by atoms with Gasteiger partial charge in [0.1, 0.15) is 0 Å². The Balaban J connectivity index is 1.26. The van der Waals surface area contributed by atoms with E-state index in [4.69, 9.17) is 0 Å². The number of hydrogen-bond acceptors (Lipinski definition) is 2. The van der Waals surface area contributed by atoms with Crippen molar-refractivity contribution in [2.45, 2.75) is 13.8 Å². The molecule has 0 radical (unpaired) electrons. The molecule has 2 heterocycles. The molecule has 0 bridgehead atoms. The zero-order valence-electron chi connectivity index (χ0n) is 29.2. The molecule has 246 valence electrons. The quantitative estimate of drug-likeness (QED) is 0.165. The van der Waals surface area contributed by atoms with E-state index >= 15 is 0 Å². The lowest BCUT2D eigenvalue weighted by Crippen LogP contribution is -1.92. The van der Waals surface area contributed by atoms with Crippen LogP contribution in [-0.4, -0.2) is 9.97 Å². The maximum Gasteiger partial charge on any atom is 0.0373 e. The van der Waals surface area contributed by atoms with E-state index in [1.54, 1.807) is 0 Å². The Hall–Kier alpha value is -6.64. The Labute approximate surface area is 304 Å². The highest BCUT2D eigenvalue weighted by atomic mass is 14.7. The number of fused-ring (bicyclic) bond motifs is 2. The third kappa shape index (κ3) is 5.85. The summed E-state index contributed by atoms with van der Waals surface area (Å²) in [4.78, 5) is 9.08. The first-order valence-electron chi connectivity index (χ1n) is 17.8. The number of nitrogens with zero attached hydrogens (tertiary/aromatic N) is 2. The summed E-state index contributed by atoms with van der Waals surface area (Å²) in [6, 6.07) is 61.8. The maximum atomic E-state index is 4.54. The minimum absolute atomic E-state index is 1.02. The van der Waals surface area contributed by atoms with Gasteiger partial charge in [-0.1, -0.05) is 146 Å². The first-order chi connectivity index (χ1) is 25.6. The molecule has 0 fully saturated rings. The van der Waals surface area contributed by atoms with Crippen molar-refractivity contribution in [1.29, 1.82) is 0 Å². The molecule has 9 aromatic rings. The van der Waals surface area contributed by atoms with E-state index < -0.39 is 0 Å². The second-order valence-corrected chi connectivity index (χ2v) is 13.5. The molecule has 0 aliphatic carbocycles. The second-order valence-electron chi connectivity index (χ2n) is 13.5. The summed E-state index contributed by atoms with van der Waals surface area (Å²) in [6.07, 6.45) is 3.92. The van der Waals surface area contributed by atoms with E-state index in [0.29, 0.717) is 0 Å². The van der Waals surface area contributed by atoms with Crippen molar-refractivity contribution in [1.82, 2.24) is 9.97 Å². The van der Waals surface area contributed by atoms with Crippen LogP contribution in [0.3, 0.4) is 0 Å². The average Bonchev–Trinajstić information content (AvgIpc) is 3.21. The van der Waals surface area contributed by atoms with Crippen LogP contribution in [0.15, 0.2) is 182 Å². The Morgan fingerprint density at radius 1 is 0.269 bits per heavy atom. The van der Waals surface area contributed by atoms with Crippen molar-refractivity contribution in [2.24, 2.45) is 0 Å². The number of pyridine rings is 2. The molecule has 2 heteroatoms. The standard InChI is InChI=1S/C50H36N2/c1-33-15-17-43(31-51-33)36-19-23-38(24-20-36)49-45-13-6-7-14-46(45)50(39-25-21-37(22-26-39)44-18-16-34(2)52-32-44)48-30-42(27-28-47(48)49)41-12-8-11-40(29-41)35-9-4-3-5-10-35/h3-32H,1-2H3. The van der Waals surface area contributed by atoms with Gasteiger partial charge in [-0.3, -0.25) is 9.97 Å². The molecule has 7 aromatic carbocycles. The predicted octanol–water partition coefficient (Wildman–Crippen LogP) is 13.4. The predicted molar refractivity (Wildman–Crippen MR) is 219 cm³/mol. The number of rotatable bonds is 6. The summed E-state index contributed by atoms with van der Waals surface area (Å²) in [6.45, 7) is 4.04. The number of aryl methyl sites for hydroxylation is 2. The van der Waals surface area contributed by atoms with Crippen LogP contribution < -0.4 is 0 Å². The van der Waals surface area contributed by atoms with E-state index in [9.17, 15) is 0 Å². The molecule has 0 saturated heterocycles. The average molecular weight is 665 g/mol. The van der Waals surface area contributed by atoms with Gasteiger partial charge in [-0.15, -0.1) is 0 Å². The molecule has 0 atom stereocenters. The van der Waals surface area contributed by atoms with Crippen LogP contribution >= 0.6 is 0 Å². The normalized spacial score (nSPS) is 11.3. The summed E-state index contributed by atoms with van der Waals surface area (Å²) in [5.74, 6) is 0. The summed E-state index contributed by atoms with van der Waals surface area (Å²) in [5.41, 5.74) is 16.3. The maximum absolute atomic E-state index is 4.54. The van der Waals surface area contributed by atoms with Crippen molar-refractivity contribution in [2.75, 3.05) is 0 Å². The van der Waals surface area contributed by atoms with Gasteiger partial charge in [-0.25, -0.2) is 0 Å². The number of hydrogen-bond donors (Lipinski definition) is 0. The van der Waals surface area contributed by atoms with Crippen molar-refractivity contribution in [3.8, 4) is 66.8 Å². The SMILES string of the molecule is Cc1ccc(-c2ccc(-c3c4ccccc4c(-c4ccc(-c5ccc(C)nc5)cc4)c4cc(-c5cccc(-c6ccccc6)c5)ccc34)cc2)cn1. The van der Waals surface area contributed by atoms with Crippen LogP contribution in [0.4, 0.5) is 0 Å². The fourth-order valence-corrected chi connectivity index (χ4v) is 7.42. The van der Waals surface area contributed by atoms with Gasteiger partial charge >= 0.3 is 0 Å². The van der Waals surface area contributed by atoms with Crippen molar-refractivity contribution < 1.29 is 0 Å². The summed E-state index contributed by atoms with van der Waals surface area (Å²) in [7, 11) is 0. The van der Waals surface area contributed by atoms with Gasteiger partial charge in [-0.05, 0) is 115 Å². The minimum Gasteiger partial charge on any atom is -0.261 e.